The fourth-order valence-electron chi connectivity index (χ4n) is 5.47. The van der Waals surface area contributed by atoms with E-state index in [1.165, 1.54) is 0 Å². The van der Waals surface area contributed by atoms with Crippen LogP contribution in [0.2, 0.25) is 0 Å². The van der Waals surface area contributed by atoms with Crippen LogP contribution in [-0.4, -0.2) is 34.5 Å². The smallest absolute Gasteiger partial charge is 0.445 e. The molecule has 2 saturated carbocycles. The molecule has 0 bridgehead atoms. The van der Waals surface area contributed by atoms with Crippen molar-refractivity contribution in [3.8, 4) is 33.9 Å². The van der Waals surface area contributed by atoms with Gasteiger partial charge in [0, 0.05) is 11.1 Å². The van der Waals surface area contributed by atoms with Crippen molar-refractivity contribution in [1.82, 2.24) is 10.2 Å². The molecule has 2 aromatic carbocycles. The van der Waals surface area contributed by atoms with Crippen LogP contribution in [-0.2, 0) is 16.4 Å². The van der Waals surface area contributed by atoms with E-state index >= 15 is 0 Å². The molecule has 210 valence electrons. The predicted octanol–water partition coefficient (Wildman–Crippen LogP) is 7.12. The second kappa shape index (κ2) is 11.5. The Bertz CT molecular complexity index is 1430. The Balaban J connectivity index is 1.49. The summed E-state index contributed by atoms with van der Waals surface area (Å²) in [6.45, 7) is 0. The van der Waals surface area contributed by atoms with E-state index < -0.39 is 28.5 Å². The second-order valence-electron chi connectivity index (χ2n) is 10.3. The molecular weight excluding hydrogens is 541 g/mol. The number of hydrogen-bond acceptors (Lipinski definition) is 6. The average molecular weight is 571 g/mol. The molecule has 0 unspecified atom stereocenters. The Morgan fingerprint density at radius 2 is 1.80 bits per heavy atom. The Morgan fingerprint density at radius 1 is 1.05 bits per heavy atom. The Labute approximate surface area is 234 Å². The van der Waals surface area contributed by atoms with Crippen molar-refractivity contribution < 1.29 is 32.5 Å². The third-order valence-corrected chi connectivity index (χ3v) is 8.74. The summed E-state index contributed by atoms with van der Waals surface area (Å²) in [6.07, 6.45) is 1.91. The van der Waals surface area contributed by atoms with Gasteiger partial charge in [-0.3, -0.25) is 4.79 Å². The molecule has 0 atom stereocenters. The van der Waals surface area contributed by atoms with Gasteiger partial charge in [-0.15, -0.1) is 10.2 Å². The summed E-state index contributed by atoms with van der Waals surface area (Å²) in [6, 6.07) is 12.7. The van der Waals surface area contributed by atoms with Crippen LogP contribution in [0.1, 0.15) is 67.5 Å². The van der Waals surface area contributed by atoms with E-state index in [-0.39, 0.29) is 11.1 Å². The van der Waals surface area contributed by atoms with E-state index in [1.54, 1.807) is 31.4 Å². The fourth-order valence-corrected chi connectivity index (χ4v) is 6.18. The summed E-state index contributed by atoms with van der Waals surface area (Å²) in [4.78, 5) is 11.7. The number of halogens is 3. The maximum atomic E-state index is 13.0. The van der Waals surface area contributed by atoms with Gasteiger partial charge < -0.3 is 14.6 Å². The lowest BCUT2D eigenvalue weighted by molar-refractivity contribution is -0.143. The molecule has 6 nitrogen and oxygen atoms in total. The zero-order valence-electron chi connectivity index (χ0n) is 22.0. The topological polar surface area (TPSA) is 81.5 Å². The first kappa shape index (κ1) is 28.0. The van der Waals surface area contributed by atoms with Crippen LogP contribution >= 0.6 is 11.3 Å². The molecule has 0 radical (unpaired) electrons. The highest BCUT2D eigenvalue weighted by Crippen LogP contribution is 2.44. The molecule has 0 aliphatic heterocycles. The minimum atomic E-state index is -4.55. The average Bonchev–Trinajstić information content (AvgIpc) is 3.65. The highest BCUT2D eigenvalue weighted by atomic mass is 32.1. The zero-order valence-corrected chi connectivity index (χ0v) is 22.8. The Morgan fingerprint density at radius 3 is 2.45 bits per heavy atom. The maximum Gasteiger partial charge on any atom is 0.445 e. The van der Waals surface area contributed by atoms with E-state index in [0.717, 1.165) is 31.2 Å². The van der Waals surface area contributed by atoms with Crippen molar-refractivity contribution in [3.63, 3.8) is 0 Å². The van der Waals surface area contributed by atoms with Crippen LogP contribution < -0.4 is 9.47 Å². The molecule has 10 heteroatoms. The summed E-state index contributed by atoms with van der Waals surface area (Å²) >= 11 is 0.488. The first-order valence-corrected chi connectivity index (χ1v) is 14.1. The zero-order chi connectivity index (χ0) is 28.3. The van der Waals surface area contributed by atoms with Crippen LogP contribution in [0.3, 0.4) is 0 Å². The second-order valence-corrected chi connectivity index (χ2v) is 11.3. The first-order valence-electron chi connectivity index (χ1n) is 13.3. The van der Waals surface area contributed by atoms with Crippen molar-refractivity contribution in [2.45, 2.75) is 69.1 Å². The van der Waals surface area contributed by atoms with Gasteiger partial charge in [0.05, 0.1) is 24.5 Å². The molecular formula is C30H29F3N2O4S. The van der Waals surface area contributed by atoms with Gasteiger partial charge in [-0.1, -0.05) is 41.4 Å². The minimum Gasteiger partial charge on any atom is -0.493 e. The number of rotatable bonds is 6. The molecule has 1 heterocycles. The van der Waals surface area contributed by atoms with Gasteiger partial charge in [-0.05, 0) is 81.2 Å². The lowest BCUT2D eigenvalue weighted by atomic mass is 9.67. The molecule has 2 aliphatic carbocycles. The number of alkyl halides is 3. The van der Waals surface area contributed by atoms with Gasteiger partial charge in [0.2, 0.25) is 5.01 Å². The number of carbonyl (C=O) groups is 1. The van der Waals surface area contributed by atoms with Gasteiger partial charge >= 0.3 is 12.1 Å². The van der Waals surface area contributed by atoms with Crippen LogP contribution in [0.4, 0.5) is 13.2 Å². The van der Waals surface area contributed by atoms with Crippen molar-refractivity contribution in [1.29, 1.82) is 0 Å². The number of carboxylic acid groups (broad SMARTS) is 1. The molecule has 0 saturated heterocycles. The van der Waals surface area contributed by atoms with Gasteiger partial charge in [0.1, 0.15) is 5.01 Å². The highest BCUT2D eigenvalue weighted by Gasteiger charge is 2.39. The van der Waals surface area contributed by atoms with Crippen molar-refractivity contribution in [3.05, 3.63) is 58.6 Å². The van der Waals surface area contributed by atoms with Gasteiger partial charge in [0.15, 0.2) is 11.5 Å². The number of benzene rings is 2. The van der Waals surface area contributed by atoms with Crippen molar-refractivity contribution >= 4 is 17.3 Å². The molecule has 0 amide bonds. The molecule has 2 aliphatic rings. The molecule has 5 rings (SSSR count). The van der Waals surface area contributed by atoms with Crippen LogP contribution in [0, 0.1) is 17.8 Å². The largest absolute Gasteiger partial charge is 0.493 e. The van der Waals surface area contributed by atoms with Gasteiger partial charge in [0.25, 0.3) is 0 Å². The number of methoxy groups -OCH3 is 1. The quantitative estimate of drug-likeness (QED) is 0.318. The number of hydrogen-bond donors (Lipinski definition) is 1. The van der Waals surface area contributed by atoms with Crippen LogP contribution in [0.25, 0.3) is 10.6 Å². The SMILES string of the molecule is COc1ccc([C@]2(C#Cc3cccc(-c4nnc(C(F)(F)F)s4)c3)CC[C@@H](C(=O)O)CC2)cc1OC1CCCC1. The molecule has 40 heavy (non-hydrogen) atoms. The van der Waals surface area contributed by atoms with E-state index in [2.05, 4.69) is 22.0 Å². The maximum absolute atomic E-state index is 13.0. The van der Waals surface area contributed by atoms with E-state index in [9.17, 15) is 23.1 Å². The third kappa shape index (κ3) is 6.09. The van der Waals surface area contributed by atoms with E-state index in [1.807, 2.05) is 18.2 Å². The Kier molecular flexibility index (Phi) is 8.04. The lowest BCUT2D eigenvalue weighted by Gasteiger charge is -2.36. The predicted molar refractivity (Wildman–Crippen MR) is 144 cm³/mol. The number of ether oxygens (including phenoxy) is 2. The Hall–Kier alpha value is -3.58. The summed E-state index contributed by atoms with van der Waals surface area (Å²) < 4.78 is 51.0. The molecule has 1 N–H and O–H groups in total. The number of aromatic nitrogens is 2. The molecule has 1 aromatic heterocycles. The summed E-state index contributed by atoms with van der Waals surface area (Å²) in [7, 11) is 1.60. The van der Waals surface area contributed by atoms with Crippen LogP contribution in [0.5, 0.6) is 11.5 Å². The highest BCUT2D eigenvalue weighted by molar-refractivity contribution is 7.14. The monoisotopic (exact) mass is 570 g/mol. The van der Waals surface area contributed by atoms with Crippen molar-refractivity contribution in [2.24, 2.45) is 5.92 Å². The molecule has 0 spiro atoms. The van der Waals surface area contributed by atoms with Gasteiger partial charge in [-0.2, -0.15) is 13.2 Å². The number of aliphatic carboxylic acids is 1. The standard InChI is InChI=1S/C30H29F3N2O4S/c1-38-24-10-9-22(18-25(24)39-23-7-2-3-8-23)29(15-12-20(13-16-29)27(36)37)14-11-19-5-4-6-21(17-19)26-34-35-28(40-26)30(31,32)33/h4-6,9-10,17-18,20,23H,2-3,7-8,12-13,15-16H2,1H3,(H,36,37)/t20-,29-. The third-order valence-electron chi connectivity index (χ3n) is 7.72. The normalized spacial score (nSPS) is 21.4. The first-order chi connectivity index (χ1) is 19.2. The van der Waals surface area contributed by atoms with Crippen molar-refractivity contribution in [2.75, 3.05) is 7.11 Å². The number of carboxylic acids is 1. The summed E-state index contributed by atoms with van der Waals surface area (Å²) in [5.41, 5.74) is 1.44. The molecule has 3 aromatic rings. The van der Waals surface area contributed by atoms with E-state index in [4.69, 9.17) is 9.47 Å². The minimum absolute atomic E-state index is 0.134. The van der Waals surface area contributed by atoms with Gasteiger partial charge in [-0.25, -0.2) is 0 Å². The van der Waals surface area contributed by atoms with Crippen LogP contribution in [0.15, 0.2) is 42.5 Å². The lowest BCUT2D eigenvalue weighted by Crippen LogP contribution is -2.33. The summed E-state index contributed by atoms with van der Waals surface area (Å²) in [5.74, 6) is 6.75. The molecule has 2 fully saturated rings. The van der Waals surface area contributed by atoms with E-state index in [0.29, 0.717) is 59.6 Å². The number of nitrogens with zero attached hydrogens (tertiary/aromatic N) is 2. The summed E-state index contributed by atoms with van der Waals surface area (Å²) in [5, 5.41) is 15.8. The fraction of sp³-hybridized carbons (Fsp3) is 0.433.